The van der Waals surface area contributed by atoms with E-state index in [1.165, 1.54) is 42.5 Å². The quantitative estimate of drug-likeness (QED) is 0.214. The van der Waals surface area contributed by atoms with E-state index in [4.69, 9.17) is 13.9 Å². The Hall–Kier alpha value is -5.12. The molecule has 0 unspecified atom stereocenters. The van der Waals surface area contributed by atoms with Crippen molar-refractivity contribution in [3.63, 3.8) is 0 Å². The number of amides is 1. The highest BCUT2D eigenvalue weighted by atomic mass is 19.4. The maximum atomic E-state index is 13.9. The summed E-state index contributed by atoms with van der Waals surface area (Å²) in [5.41, 5.74) is 0.195. The lowest BCUT2D eigenvalue weighted by atomic mass is 10.1. The number of fused-ring (bicyclic) bond motifs is 1. The summed E-state index contributed by atoms with van der Waals surface area (Å²) in [6.07, 6.45) is -5.05. The molecule has 6 nitrogen and oxygen atoms in total. The van der Waals surface area contributed by atoms with Crippen molar-refractivity contribution in [1.82, 2.24) is 0 Å². The summed E-state index contributed by atoms with van der Waals surface area (Å²) in [6.45, 7) is -0.573. The predicted molar refractivity (Wildman–Crippen MR) is 140 cm³/mol. The number of hydrogen-bond donors (Lipinski definition) is 1. The van der Waals surface area contributed by atoms with Crippen molar-refractivity contribution in [3.05, 3.63) is 119 Å². The molecule has 40 heavy (non-hydrogen) atoms. The lowest BCUT2D eigenvalue weighted by Crippen LogP contribution is -2.20. The summed E-state index contributed by atoms with van der Waals surface area (Å²) in [6, 6.07) is 24.6. The number of nitrogens with one attached hydrogen (secondary N) is 1. The van der Waals surface area contributed by atoms with Crippen LogP contribution < -0.4 is 20.2 Å². The second-order valence-electron chi connectivity index (χ2n) is 8.55. The standard InChI is InChI=1S/C30H19F4NO5/c31-23-8-4-5-9-24(23)35-26(36)17-38-21-14-15-22-25(16-21)40-29(30(32,33)34)28(27(22)37)39-20-12-10-19(11-13-20)18-6-2-1-3-7-18/h1-16H,17H2,(H,35,36). The second-order valence-corrected chi connectivity index (χ2v) is 8.55. The molecule has 5 rings (SSSR count). The minimum atomic E-state index is -5.05. The molecule has 1 N–H and O–H groups in total. The summed E-state index contributed by atoms with van der Waals surface area (Å²) in [5, 5.41) is 2.13. The minimum Gasteiger partial charge on any atom is -0.484 e. The molecule has 0 saturated carbocycles. The lowest BCUT2D eigenvalue weighted by Gasteiger charge is -2.14. The van der Waals surface area contributed by atoms with Crippen molar-refractivity contribution in [2.45, 2.75) is 6.18 Å². The predicted octanol–water partition coefficient (Wildman–Crippen LogP) is 7.43. The molecule has 0 aliphatic carbocycles. The molecule has 0 atom stereocenters. The van der Waals surface area contributed by atoms with Crippen LogP contribution in [0.25, 0.3) is 22.1 Å². The van der Waals surface area contributed by atoms with Gasteiger partial charge in [-0.05, 0) is 47.5 Å². The highest BCUT2D eigenvalue weighted by Crippen LogP contribution is 2.39. The highest BCUT2D eigenvalue weighted by molar-refractivity contribution is 5.92. The molecule has 0 spiro atoms. The van der Waals surface area contributed by atoms with Crippen molar-refractivity contribution in [2.75, 3.05) is 11.9 Å². The van der Waals surface area contributed by atoms with Crippen LogP contribution in [0.15, 0.2) is 106 Å². The first-order chi connectivity index (χ1) is 19.2. The summed E-state index contributed by atoms with van der Waals surface area (Å²) in [4.78, 5) is 25.2. The second kappa shape index (κ2) is 10.9. The molecule has 5 aromatic rings. The minimum absolute atomic E-state index is 0.0117. The third-order valence-corrected chi connectivity index (χ3v) is 5.78. The number of hydrogen-bond acceptors (Lipinski definition) is 5. The van der Waals surface area contributed by atoms with E-state index in [2.05, 4.69) is 5.32 Å². The Balaban J connectivity index is 1.39. The van der Waals surface area contributed by atoms with Crippen LogP contribution in [0.4, 0.5) is 23.2 Å². The van der Waals surface area contributed by atoms with E-state index in [-0.39, 0.29) is 22.6 Å². The molecular weight excluding hydrogens is 530 g/mol. The van der Waals surface area contributed by atoms with E-state index in [9.17, 15) is 27.2 Å². The van der Waals surface area contributed by atoms with Gasteiger partial charge in [0.25, 0.3) is 11.7 Å². The zero-order chi connectivity index (χ0) is 28.3. The number of carbonyl (C=O) groups excluding carboxylic acids is 1. The Labute approximate surface area is 224 Å². The number of rotatable bonds is 7. The Morgan fingerprint density at radius 2 is 1.48 bits per heavy atom. The van der Waals surface area contributed by atoms with Gasteiger partial charge in [0, 0.05) is 6.07 Å². The highest BCUT2D eigenvalue weighted by Gasteiger charge is 2.40. The SMILES string of the molecule is O=C(COc1ccc2c(=O)c(Oc3ccc(-c4ccccc4)cc3)c(C(F)(F)F)oc2c1)Nc1ccccc1F. The topological polar surface area (TPSA) is 77.8 Å². The van der Waals surface area contributed by atoms with E-state index >= 15 is 0 Å². The number of anilines is 1. The number of para-hydroxylation sites is 1. The Morgan fingerprint density at radius 3 is 2.17 bits per heavy atom. The van der Waals surface area contributed by atoms with Gasteiger partial charge in [-0.25, -0.2) is 4.39 Å². The fourth-order valence-corrected chi connectivity index (χ4v) is 3.89. The lowest BCUT2D eigenvalue weighted by molar-refractivity contribution is -0.154. The average Bonchev–Trinajstić information content (AvgIpc) is 2.95. The van der Waals surface area contributed by atoms with Crippen LogP contribution in [0.2, 0.25) is 0 Å². The molecule has 1 heterocycles. The maximum absolute atomic E-state index is 13.9. The smallest absolute Gasteiger partial charge is 0.453 e. The van der Waals surface area contributed by atoms with Gasteiger partial charge in [0.2, 0.25) is 11.2 Å². The van der Waals surface area contributed by atoms with Crippen LogP contribution in [0.5, 0.6) is 17.2 Å². The van der Waals surface area contributed by atoms with E-state index in [1.807, 2.05) is 30.3 Å². The molecule has 10 heteroatoms. The van der Waals surface area contributed by atoms with E-state index in [0.717, 1.165) is 23.3 Å². The molecule has 1 amide bonds. The average molecular weight is 549 g/mol. The van der Waals surface area contributed by atoms with Crippen LogP contribution in [0.3, 0.4) is 0 Å². The Kier molecular flexibility index (Phi) is 7.24. The van der Waals surface area contributed by atoms with Crippen LogP contribution in [0, 0.1) is 5.82 Å². The molecule has 0 saturated heterocycles. The van der Waals surface area contributed by atoms with Crippen molar-refractivity contribution < 1.29 is 36.2 Å². The largest absolute Gasteiger partial charge is 0.484 e. The molecule has 1 aromatic heterocycles. The maximum Gasteiger partial charge on any atom is 0.453 e. The number of benzene rings is 4. The van der Waals surface area contributed by atoms with Crippen LogP contribution >= 0.6 is 0 Å². The number of ether oxygens (including phenoxy) is 2. The van der Waals surface area contributed by atoms with Gasteiger partial charge in [0.15, 0.2) is 6.61 Å². The number of halogens is 4. The van der Waals surface area contributed by atoms with Crippen LogP contribution in [-0.4, -0.2) is 12.5 Å². The third kappa shape index (κ3) is 5.80. The van der Waals surface area contributed by atoms with Gasteiger partial charge in [0.05, 0.1) is 11.1 Å². The fraction of sp³-hybridized carbons (Fsp3) is 0.0667. The first-order valence-corrected chi connectivity index (χ1v) is 11.9. The van der Waals surface area contributed by atoms with E-state index in [1.54, 1.807) is 12.1 Å². The molecule has 0 aliphatic rings. The van der Waals surface area contributed by atoms with Gasteiger partial charge in [-0.2, -0.15) is 13.2 Å². The zero-order valence-electron chi connectivity index (χ0n) is 20.5. The van der Waals surface area contributed by atoms with Gasteiger partial charge < -0.3 is 19.2 Å². The van der Waals surface area contributed by atoms with Gasteiger partial charge in [0.1, 0.15) is 22.9 Å². The third-order valence-electron chi connectivity index (χ3n) is 5.78. The number of alkyl halides is 3. The fourth-order valence-electron chi connectivity index (χ4n) is 3.89. The van der Waals surface area contributed by atoms with Gasteiger partial charge in [-0.3, -0.25) is 9.59 Å². The monoisotopic (exact) mass is 549 g/mol. The van der Waals surface area contributed by atoms with E-state index in [0.29, 0.717) is 0 Å². The first-order valence-electron chi connectivity index (χ1n) is 11.9. The van der Waals surface area contributed by atoms with Crippen molar-refractivity contribution in [1.29, 1.82) is 0 Å². The summed E-state index contributed by atoms with van der Waals surface area (Å²) in [5.74, 6) is -4.01. The normalized spacial score (nSPS) is 11.3. The molecule has 4 aromatic carbocycles. The molecule has 0 bridgehead atoms. The van der Waals surface area contributed by atoms with Gasteiger partial charge in [-0.15, -0.1) is 0 Å². The zero-order valence-corrected chi connectivity index (χ0v) is 20.5. The van der Waals surface area contributed by atoms with Crippen molar-refractivity contribution in [2.24, 2.45) is 0 Å². The first kappa shape index (κ1) is 26.5. The van der Waals surface area contributed by atoms with Gasteiger partial charge >= 0.3 is 6.18 Å². The Bertz CT molecular complexity index is 1730. The molecule has 0 aliphatic heterocycles. The van der Waals surface area contributed by atoms with Crippen molar-refractivity contribution >= 4 is 22.6 Å². The summed E-state index contributed by atoms with van der Waals surface area (Å²) in [7, 11) is 0. The Morgan fingerprint density at radius 1 is 0.825 bits per heavy atom. The molecule has 0 fully saturated rings. The van der Waals surface area contributed by atoms with Crippen LogP contribution in [0.1, 0.15) is 5.76 Å². The number of carbonyl (C=O) groups is 1. The van der Waals surface area contributed by atoms with Gasteiger partial charge in [-0.1, -0.05) is 54.6 Å². The molecular formula is C30H19F4NO5. The molecule has 202 valence electrons. The van der Waals surface area contributed by atoms with E-state index < -0.39 is 47.0 Å². The van der Waals surface area contributed by atoms with Crippen LogP contribution in [-0.2, 0) is 11.0 Å². The van der Waals surface area contributed by atoms with Crippen molar-refractivity contribution in [3.8, 4) is 28.4 Å². The summed E-state index contributed by atoms with van der Waals surface area (Å²) >= 11 is 0. The molecule has 0 radical (unpaired) electrons. The summed E-state index contributed by atoms with van der Waals surface area (Å²) < 4.78 is 71.3.